The summed E-state index contributed by atoms with van der Waals surface area (Å²) in [6.07, 6.45) is -14.1. The fourth-order valence-corrected chi connectivity index (χ4v) is 4.90. The zero-order valence-electron chi connectivity index (χ0n) is 22.5. The third kappa shape index (κ3) is 7.19. The summed E-state index contributed by atoms with van der Waals surface area (Å²) in [6.45, 7) is -0.510. The van der Waals surface area contributed by atoms with E-state index in [1.165, 1.54) is 0 Å². The van der Waals surface area contributed by atoms with E-state index >= 15 is 0 Å². The number of aliphatic carboxylic acids is 1. The van der Waals surface area contributed by atoms with Crippen molar-refractivity contribution in [3.8, 4) is 0 Å². The molecular formula is C23H37N5O14. The molecule has 2 saturated heterocycles. The third-order valence-electron chi connectivity index (χ3n) is 7.20. The van der Waals surface area contributed by atoms with Gasteiger partial charge in [0, 0.05) is 26.3 Å². The first-order valence-corrected chi connectivity index (χ1v) is 13.1. The lowest BCUT2D eigenvalue weighted by molar-refractivity contribution is -0.258. The molecule has 11 N–H and O–H groups in total. The van der Waals surface area contributed by atoms with Crippen molar-refractivity contribution in [1.82, 2.24) is 25.6 Å². The standard InChI is InChI=1S/C23H37N5O14/c1-9(31)25-16-11(32)5-23(22(39)40,42-21(16)17(35)12(33)7-29)28-6-10(26-27-28)2-3-24-15(34)4-13-18(36)20(38)19(37)14(8-30)41-13/h6,11-14,16-21,29-30,32-33,35-38H,2-5,7-8H2,1H3,(H,24,34)(H,25,31)(H,39,40)/t11-,12+,13-,14+,16+,17+,18-,19-,20+,21+,23+/m0/s1. The number of nitrogens with one attached hydrogen (secondary N) is 2. The van der Waals surface area contributed by atoms with Gasteiger partial charge in [-0.05, 0) is 0 Å². The largest absolute Gasteiger partial charge is 0.478 e. The molecule has 11 atom stereocenters. The van der Waals surface area contributed by atoms with Gasteiger partial charge in [0.1, 0.15) is 42.7 Å². The maximum atomic E-state index is 12.4. The summed E-state index contributed by atoms with van der Waals surface area (Å²) in [5.41, 5.74) is -2.29. The molecule has 2 aliphatic rings. The molecule has 19 heteroatoms. The minimum Gasteiger partial charge on any atom is -0.478 e. The molecule has 19 nitrogen and oxygen atoms in total. The highest BCUT2D eigenvalue weighted by Gasteiger charge is 2.56. The average molecular weight is 608 g/mol. The lowest BCUT2D eigenvalue weighted by atomic mass is 9.87. The SMILES string of the molecule is CC(=O)N[C@H]1[C@H]([C@H](O)[C@H](O)CO)O[C@](C(=O)O)(n2cc(CCNC(=O)C[C@@H]3O[C@H](CO)[C@H](O)[C@H](O)[C@H]3O)nn2)C[C@@H]1O. The maximum absolute atomic E-state index is 12.4. The minimum atomic E-state index is -2.45. The molecule has 1 aromatic rings. The van der Waals surface area contributed by atoms with Gasteiger partial charge >= 0.3 is 5.97 Å². The number of carboxylic acids is 1. The second-order valence-corrected chi connectivity index (χ2v) is 10.2. The van der Waals surface area contributed by atoms with Gasteiger partial charge < -0.3 is 66.1 Å². The summed E-state index contributed by atoms with van der Waals surface area (Å²) in [5, 5.41) is 102. The highest BCUT2D eigenvalue weighted by molar-refractivity contribution is 5.77. The number of aromatic nitrogens is 3. The summed E-state index contributed by atoms with van der Waals surface area (Å²) in [7, 11) is 0. The lowest BCUT2D eigenvalue weighted by Crippen LogP contribution is -2.67. The van der Waals surface area contributed by atoms with E-state index in [4.69, 9.17) is 9.47 Å². The molecule has 1 aromatic heterocycles. The number of aliphatic hydroxyl groups excluding tert-OH is 8. The summed E-state index contributed by atoms with van der Waals surface area (Å²) in [5.74, 6) is -2.91. The van der Waals surface area contributed by atoms with E-state index < -0.39 is 111 Å². The van der Waals surface area contributed by atoms with Crippen LogP contribution in [0.5, 0.6) is 0 Å². The van der Waals surface area contributed by atoms with Crippen molar-refractivity contribution < 1.29 is 69.8 Å². The first kappa shape index (κ1) is 33.6. The van der Waals surface area contributed by atoms with Crippen molar-refractivity contribution in [2.45, 2.75) is 92.9 Å². The molecule has 3 rings (SSSR count). The lowest BCUT2D eigenvalue weighted by Gasteiger charge is -2.46. The Morgan fingerprint density at radius 3 is 2.38 bits per heavy atom. The number of amides is 2. The van der Waals surface area contributed by atoms with E-state index in [0.717, 1.165) is 17.8 Å². The summed E-state index contributed by atoms with van der Waals surface area (Å²) >= 11 is 0. The normalized spacial score (nSPS) is 34.8. The quantitative estimate of drug-likeness (QED) is 0.105. The fraction of sp³-hybridized carbons (Fsp3) is 0.783. The zero-order valence-corrected chi connectivity index (χ0v) is 22.5. The molecule has 42 heavy (non-hydrogen) atoms. The molecule has 0 saturated carbocycles. The minimum absolute atomic E-state index is 0.0163. The first-order chi connectivity index (χ1) is 19.7. The van der Waals surface area contributed by atoms with Gasteiger partial charge in [0.05, 0.1) is 49.8 Å². The van der Waals surface area contributed by atoms with Crippen molar-refractivity contribution >= 4 is 17.8 Å². The second kappa shape index (κ2) is 14.1. The number of carbonyl (C=O) groups is 3. The van der Waals surface area contributed by atoms with Crippen molar-refractivity contribution in [3.05, 3.63) is 11.9 Å². The molecule has 0 spiro atoms. The van der Waals surface area contributed by atoms with Crippen LogP contribution in [0.2, 0.25) is 0 Å². The molecule has 0 unspecified atom stereocenters. The predicted molar refractivity (Wildman–Crippen MR) is 133 cm³/mol. The second-order valence-electron chi connectivity index (χ2n) is 10.2. The van der Waals surface area contributed by atoms with Gasteiger partial charge in [-0.2, -0.15) is 0 Å². The molecular weight excluding hydrogens is 570 g/mol. The summed E-state index contributed by atoms with van der Waals surface area (Å²) in [4.78, 5) is 36.5. The highest BCUT2D eigenvalue weighted by atomic mass is 16.6. The summed E-state index contributed by atoms with van der Waals surface area (Å²) in [6, 6.07) is -1.35. The number of aliphatic hydroxyl groups is 8. The van der Waals surface area contributed by atoms with Crippen LogP contribution in [0, 0.1) is 0 Å². The molecule has 0 radical (unpaired) electrons. The van der Waals surface area contributed by atoms with Crippen LogP contribution >= 0.6 is 0 Å². The van der Waals surface area contributed by atoms with Crippen molar-refractivity contribution in [2.24, 2.45) is 0 Å². The molecule has 0 bridgehead atoms. The smallest absolute Gasteiger partial charge is 0.359 e. The van der Waals surface area contributed by atoms with Crippen LogP contribution in [0.3, 0.4) is 0 Å². The van der Waals surface area contributed by atoms with Gasteiger partial charge in [-0.15, -0.1) is 5.10 Å². The third-order valence-corrected chi connectivity index (χ3v) is 7.20. The van der Waals surface area contributed by atoms with E-state index in [0.29, 0.717) is 0 Å². The van der Waals surface area contributed by atoms with Crippen LogP contribution in [0.15, 0.2) is 6.20 Å². The Hall–Kier alpha value is -2.85. The van der Waals surface area contributed by atoms with Gasteiger partial charge in [-0.3, -0.25) is 9.59 Å². The Kier molecular flexibility index (Phi) is 11.3. The van der Waals surface area contributed by atoms with E-state index in [1.54, 1.807) is 0 Å². The fourth-order valence-electron chi connectivity index (χ4n) is 4.90. The van der Waals surface area contributed by atoms with Crippen molar-refractivity contribution in [3.63, 3.8) is 0 Å². The number of carbonyl (C=O) groups excluding carboxylic acids is 2. The van der Waals surface area contributed by atoms with Gasteiger partial charge in [-0.25, -0.2) is 9.48 Å². The molecule has 0 aliphatic carbocycles. The van der Waals surface area contributed by atoms with Gasteiger partial charge in [0.15, 0.2) is 0 Å². The van der Waals surface area contributed by atoms with E-state index in [9.17, 15) is 60.3 Å². The number of hydrogen-bond donors (Lipinski definition) is 11. The van der Waals surface area contributed by atoms with Crippen molar-refractivity contribution in [2.75, 3.05) is 19.8 Å². The number of carboxylic acid groups (broad SMARTS) is 1. The first-order valence-electron chi connectivity index (χ1n) is 13.1. The van der Waals surface area contributed by atoms with Crippen LogP contribution in [0.1, 0.15) is 25.5 Å². The van der Waals surface area contributed by atoms with Crippen LogP contribution in [0.4, 0.5) is 0 Å². The van der Waals surface area contributed by atoms with Gasteiger partial charge in [0.2, 0.25) is 11.8 Å². The Morgan fingerprint density at radius 2 is 1.79 bits per heavy atom. The molecule has 238 valence electrons. The Bertz CT molecular complexity index is 1090. The average Bonchev–Trinajstić information content (AvgIpc) is 3.42. The number of nitrogens with zero attached hydrogens (tertiary/aromatic N) is 3. The monoisotopic (exact) mass is 607 g/mol. The van der Waals surface area contributed by atoms with E-state index in [1.807, 2.05) is 0 Å². The zero-order chi connectivity index (χ0) is 31.4. The highest BCUT2D eigenvalue weighted by Crippen LogP contribution is 2.36. The van der Waals surface area contributed by atoms with Gasteiger partial charge in [-0.1, -0.05) is 5.21 Å². The maximum Gasteiger partial charge on any atom is 0.359 e. The summed E-state index contributed by atoms with van der Waals surface area (Å²) < 4.78 is 11.8. The molecule has 0 aromatic carbocycles. The molecule has 2 aliphatic heterocycles. The Morgan fingerprint density at radius 1 is 1.12 bits per heavy atom. The predicted octanol–water partition coefficient (Wildman–Crippen LogP) is -6.72. The molecule has 2 fully saturated rings. The number of ether oxygens (including phenoxy) is 2. The topological polar surface area (TPSA) is 307 Å². The molecule has 2 amide bonds. The Balaban J connectivity index is 1.69. The van der Waals surface area contributed by atoms with E-state index in [2.05, 4.69) is 20.9 Å². The van der Waals surface area contributed by atoms with Gasteiger partial charge in [0.25, 0.3) is 5.72 Å². The number of rotatable bonds is 12. The molecule has 3 heterocycles. The van der Waals surface area contributed by atoms with Crippen LogP contribution in [0.25, 0.3) is 0 Å². The Labute approximate surface area is 238 Å². The van der Waals surface area contributed by atoms with Crippen LogP contribution in [-0.2, 0) is 36.0 Å². The van der Waals surface area contributed by atoms with Crippen LogP contribution < -0.4 is 10.6 Å². The van der Waals surface area contributed by atoms with Crippen LogP contribution in [-0.4, -0.2) is 159 Å². The van der Waals surface area contributed by atoms with Crippen molar-refractivity contribution in [1.29, 1.82) is 0 Å². The number of hydrogen-bond acceptors (Lipinski definition) is 15. The van der Waals surface area contributed by atoms with E-state index in [-0.39, 0.29) is 18.7 Å².